The maximum absolute atomic E-state index is 10.3. The number of fused-ring (bicyclic) bond motifs is 2. The zero-order valence-electron chi connectivity index (χ0n) is 9.82. The van der Waals surface area contributed by atoms with Crippen molar-refractivity contribution in [1.82, 2.24) is 0 Å². The second kappa shape index (κ2) is 4.20. The molecule has 6 heteroatoms. The highest BCUT2D eigenvalue weighted by molar-refractivity contribution is 5.75. The van der Waals surface area contributed by atoms with Crippen molar-refractivity contribution in [3.8, 4) is 0 Å². The second-order valence-corrected chi connectivity index (χ2v) is 5.46. The zero-order chi connectivity index (χ0) is 12.9. The summed E-state index contributed by atoms with van der Waals surface area (Å²) in [5.74, 6) is -0.0332. The minimum atomic E-state index is -0.645. The lowest BCUT2D eigenvalue weighted by Crippen LogP contribution is -2.07. The van der Waals surface area contributed by atoms with Crippen molar-refractivity contribution in [2.45, 2.75) is 0 Å². The van der Waals surface area contributed by atoms with Crippen LogP contribution in [0.1, 0.15) is 0 Å². The van der Waals surface area contributed by atoms with Gasteiger partial charge in [-0.15, -0.1) is 0 Å². The lowest BCUT2D eigenvalue weighted by molar-refractivity contribution is -0.141. The molecule has 18 heavy (non-hydrogen) atoms. The molecule has 2 saturated heterocycles. The van der Waals surface area contributed by atoms with Gasteiger partial charge in [-0.05, 0) is 0 Å². The van der Waals surface area contributed by atoms with Gasteiger partial charge >= 0.3 is 11.9 Å². The Balaban J connectivity index is 0.000000111. The molecule has 0 radical (unpaired) electrons. The Morgan fingerprint density at radius 3 is 1.17 bits per heavy atom. The Hall–Kier alpha value is -1.14. The first-order chi connectivity index (χ1) is 8.61. The molecule has 2 aliphatic carbocycles. The molecule has 2 saturated carbocycles. The van der Waals surface area contributed by atoms with E-state index in [1.165, 1.54) is 0 Å². The number of aliphatic carboxylic acids is 2. The van der Waals surface area contributed by atoms with Gasteiger partial charge in [0, 0.05) is 23.7 Å². The third-order valence-corrected chi connectivity index (χ3v) is 4.47. The van der Waals surface area contributed by atoms with Crippen molar-refractivity contribution >= 4 is 11.9 Å². The van der Waals surface area contributed by atoms with Crippen molar-refractivity contribution in [3.63, 3.8) is 0 Å². The van der Waals surface area contributed by atoms with Gasteiger partial charge in [0.15, 0.2) is 0 Å². The largest absolute Gasteiger partial charge is 0.481 e. The summed E-state index contributed by atoms with van der Waals surface area (Å²) in [6, 6.07) is 0. The smallest absolute Gasteiger partial charge is 0.307 e. The summed E-state index contributed by atoms with van der Waals surface area (Å²) in [6.07, 6.45) is 0. The van der Waals surface area contributed by atoms with Gasteiger partial charge in [-0.1, -0.05) is 0 Å². The number of hydrogen-bond acceptors (Lipinski definition) is 4. The fourth-order valence-corrected chi connectivity index (χ4v) is 3.21. The first-order valence-electron chi connectivity index (χ1n) is 6.22. The predicted molar refractivity (Wildman–Crippen MR) is 57.8 cm³/mol. The Bertz CT molecular complexity index is 325. The first kappa shape index (κ1) is 11.9. The summed E-state index contributed by atoms with van der Waals surface area (Å²) in [7, 11) is 0. The number of rotatable bonds is 2. The maximum Gasteiger partial charge on any atom is 0.307 e. The van der Waals surface area contributed by atoms with Gasteiger partial charge < -0.3 is 19.7 Å². The van der Waals surface area contributed by atoms with Gasteiger partial charge in [0.05, 0.1) is 38.3 Å². The van der Waals surface area contributed by atoms with Crippen molar-refractivity contribution < 1.29 is 29.3 Å². The van der Waals surface area contributed by atoms with Crippen LogP contribution in [0, 0.1) is 35.5 Å². The molecule has 2 unspecified atom stereocenters. The van der Waals surface area contributed by atoms with E-state index in [0.717, 1.165) is 0 Å². The van der Waals surface area contributed by atoms with Crippen molar-refractivity contribution in [3.05, 3.63) is 0 Å². The average molecular weight is 256 g/mol. The molecule has 2 heterocycles. The molecule has 2 aliphatic heterocycles. The Morgan fingerprint density at radius 2 is 1.00 bits per heavy atom. The first-order valence-corrected chi connectivity index (χ1v) is 6.22. The molecule has 0 amide bonds. The maximum atomic E-state index is 10.3. The van der Waals surface area contributed by atoms with E-state index in [4.69, 9.17) is 19.7 Å². The van der Waals surface area contributed by atoms with Gasteiger partial charge in [-0.3, -0.25) is 9.59 Å². The third-order valence-electron chi connectivity index (χ3n) is 4.47. The van der Waals surface area contributed by atoms with Crippen LogP contribution in [0.15, 0.2) is 0 Å². The SMILES string of the molecule is O=C(O)C1[C@H]2COC[C@@H]12.O=C(O)C1[C@H]2COC[C@@H]12. The van der Waals surface area contributed by atoms with E-state index in [1.807, 2.05) is 0 Å². The summed E-state index contributed by atoms with van der Waals surface area (Å²) >= 11 is 0. The molecular formula is C12H16O6. The summed E-state index contributed by atoms with van der Waals surface area (Å²) in [4.78, 5) is 20.6. The minimum Gasteiger partial charge on any atom is -0.481 e. The zero-order valence-corrected chi connectivity index (χ0v) is 9.82. The van der Waals surface area contributed by atoms with E-state index in [1.54, 1.807) is 0 Å². The quantitative estimate of drug-likeness (QED) is 0.718. The van der Waals surface area contributed by atoms with Crippen LogP contribution in [0.3, 0.4) is 0 Å². The van der Waals surface area contributed by atoms with E-state index in [9.17, 15) is 9.59 Å². The topological polar surface area (TPSA) is 93.1 Å². The molecule has 0 bridgehead atoms. The van der Waals surface area contributed by atoms with Gasteiger partial charge in [0.25, 0.3) is 0 Å². The molecule has 4 fully saturated rings. The van der Waals surface area contributed by atoms with Crippen LogP contribution < -0.4 is 0 Å². The van der Waals surface area contributed by atoms with E-state index in [0.29, 0.717) is 50.1 Å². The number of carboxylic acids is 2. The van der Waals surface area contributed by atoms with Crippen molar-refractivity contribution in [1.29, 1.82) is 0 Å². The molecule has 0 aromatic heterocycles. The molecule has 0 aromatic rings. The van der Waals surface area contributed by atoms with E-state index < -0.39 is 11.9 Å². The fraction of sp³-hybridized carbons (Fsp3) is 0.833. The summed E-state index contributed by atoms with van der Waals surface area (Å²) in [6.45, 7) is 2.67. The molecule has 100 valence electrons. The highest BCUT2D eigenvalue weighted by atomic mass is 16.5. The Labute approximate surface area is 104 Å². The van der Waals surface area contributed by atoms with E-state index >= 15 is 0 Å². The normalized spacial score (nSPS) is 46.4. The highest BCUT2D eigenvalue weighted by Crippen LogP contribution is 2.51. The second-order valence-electron chi connectivity index (χ2n) is 5.46. The van der Waals surface area contributed by atoms with E-state index in [2.05, 4.69) is 0 Å². The molecular weight excluding hydrogens is 240 g/mol. The number of carboxylic acid groups (broad SMARTS) is 2. The lowest BCUT2D eigenvalue weighted by atomic mass is 10.3. The van der Waals surface area contributed by atoms with Crippen LogP contribution in [-0.4, -0.2) is 48.6 Å². The molecule has 6 atom stereocenters. The average Bonchev–Trinajstić information content (AvgIpc) is 3.05. The molecule has 0 spiro atoms. The molecule has 4 aliphatic rings. The fourth-order valence-electron chi connectivity index (χ4n) is 3.21. The van der Waals surface area contributed by atoms with Gasteiger partial charge in [0.2, 0.25) is 0 Å². The van der Waals surface area contributed by atoms with E-state index in [-0.39, 0.29) is 11.8 Å². The van der Waals surface area contributed by atoms with Crippen molar-refractivity contribution in [2.24, 2.45) is 35.5 Å². The van der Waals surface area contributed by atoms with Crippen LogP contribution in [0.25, 0.3) is 0 Å². The standard InChI is InChI=1S/2C6H8O3/c2*7-6(8)5-3-1-9-2-4(3)5/h2*3-5H,1-2H2,(H,7,8)/t2*3-,4+,5?. The number of hydrogen-bond donors (Lipinski definition) is 2. The van der Waals surface area contributed by atoms with Crippen LogP contribution in [0.5, 0.6) is 0 Å². The van der Waals surface area contributed by atoms with Crippen LogP contribution >= 0.6 is 0 Å². The highest BCUT2D eigenvalue weighted by Gasteiger charge is 2.58. The van der Waals surface area contributed by atoms with Crippen LogP contribution in [0.4, 0.5) is 0 Å². The van der Waals surface area contributed by atoms with Crippen LogP contribution in [0.2, 0.25) is 0 Å². The van der Waals surface area contributed by atoms with Gasteiger partial charge in [-0.2, -0.15) is 0 Å². The predicted octanol–water partition coefficient (Wildman–Crippen LogP) is -0.0732. The molecule has 4 rings (SSSR count). The Kier molecular flexibility index (Phi) is 2.79. The monoisotopic (exact) mass is 256 g/mol. The van der Waals surface area contributed by atoms with Gasteiger partial charge in [0.1, 0.15) is 0 Å². The molecule has 0 aromatic carbocycles. The molecule has 2 N–H and O–H groups in total. The summed E-state index contributed by atoms with van der Waals surface area (Å²) in [5.41, 5.74) is 0. The number of ether oxygens (including phenoxy) is 2. The minimum absolute atomic E-state index is 0.0706. The molecule has 6 nitrogen and oxygen atoms in total. The third kappa shape index (κ3) is 1.89. The van der Waals surface area contributed by atoms with Gasteiger partial charge in [-0.25, -0.2) is 0 Å². The van der Waals surface area contributed by atoms with Crippen molar-refractivity contribution in [2.75, 3.05) is 26.4 Å². The summed E-state index contributed by atoms with van der Waals surface area (Å²) < 4.78 is 10.0. The Morgan fingerprint density at radius 1 is 0.722 bits per heavy atom. The number of carbonyl (C=O) groups is 2. The lowest BCUT2D eigenvalue weighted by Gasteiger charge is -1.96. The van der Waals surface area contributed by atoms with Crippen LogP contribution in [-0.2, 0) is 19.1 Å². The summed E-state index contributed by atoms with van der Waals surface area (Å²) in [5, 5.41) is 17.0.